The zero-order chi connectivity index (χ0) is 50.7. The average Bonchev–Trinajstić information content (AvgIpc) is 4.02. The summed E-state index contributed by atoms with van der Waals surface area (Å²) in [5.74, 6) is -1.99. The molecule has 2 fully saturated rings. The summed E-state index contributed by atoms with van der Waals surface area (Å²) in [5.41, 5.74) is 9.31. The molecule has 6 N–H and O–H groups in total. The van der Waals surface area contributed by atoms with E-state index in [4.69, 9.17) is 10.5 Å². The van der Waals surface area contributed by atoms with Crippen molar-refractivity contribution < 1.29 is 33.5 Å². The first-order valence-corrected chi connectivity index (χ1v) is 25.1. The fraction of sp³-hybridized carbons (Fsp3) is 0.564. The molecule has 0 bridgehead atoms. The molecule has 8 atom stereocenters. The number of carbonyl (C=O) groups excluding carboxylic acids is 6. The number of methoxy groups -OCH3 is 1. The number of nitrogens with two attached hydrogens (primary N) is 1. The van der Waals surface area contributed by atoms with Crippen LogP contribution in [-0.2, 0) is 52.9 Å². The van der Waals surface area contributed by atoms with Gasteiger partial charge in [-0.1, -0.05) is 120 Å². The normalized spacial score (nSPS) is 22.3. The SMILES string of the molecule is CN[C@@H](C)C(=O)N[C@H](C(=O)N1C[C@@H](NC(=O)C2(CN(C(=O)[C@@H]3Cc4ccccc4CN3C(=O)[C@@H](N)C(C)(C)C)[C@H](COC)c3ccccc3)CC2)C[C@H]1C(=O)N[C@@H]1CCCc2ccccc21)C(C)(C)C. The predicted octanol–water partition coefficient (Wildman–Crippen LogP) is 4.73. The summed E-state index contributed by atoms with van der Waals surface area (Å²) in [6.07, 6.45) is 3.97. The number of amides is 6. The summed E-state index contributed by atoms with van der Waals surface area (Å²) < 4.78 is 5.82. The van der Waals surface area contributed by atoms with Crippen LogP contribution in [0.3, 0.4) is 0 Å². The van der Waals surface area contributed by atoms with Crippen LogP contribution in [-0.4, -0.2) is 120 Å². The molecule has 6 amide bonds. The van der Waals surface area contributed by atoms with Gasteiger partial charge in [0.15, 0.2) is 0 Å². The third-order valence-electron chi connectivity index (χ3n) is 15.1. The van der Waals surface area contributed by atoms with Gasteiger partial charge in [-0.25, -0.2) is 0 Å². The minimum atomic E-state index is -1.01. The number of fused-ring (bicyclic) bond motifs is 2. The molecule has 3 aromatic rings. The van der Waals surface area contributed by atoms with Gasteiger partial charge in [-0.2, -0.15) is 0 Å². The van der Waals surface area contributed by atoms with Gasteiger partial charge in [0, 0.05) is 39.2 Å². The van der Waals surface area contributed by atoms with E-state index in [0.717, 1.165) is 41.5 Å². The van der Waals surface area contributed by atoms with Crippen molar-refractivity contribution >= 4 is 35.4 Å². The molecule has 1 saturated carbocycles. The van der Waals surface area contributed by atoms with Gasteiger partial charge in [-0.15, -0.1) is 0 Å². The molecule has 0 spiro atoms. The van der Waals surface area contributed by atoms with Crippen LogP contribution in [0.1, 0.15) is 120 Å². The van der Waals surface area contributed by atoms with E-state index in [1.54, 1.807) is 30.9 Å². The molecule has 378 valence electrons. The van der Waals surface area contributed by atoms with Gasteiger partial charge in [0.1, 0.15) is 18.1 Å². The molecule has 3 aromatic carbocycles. The van der Waals surface area contributed by atoms with E-state index in [-0.39, 0.29) is 74.7 Å². The Morgan fingerprint density at radius 2 is 1.46 bits per heavy atom. The molecule has 70 heavy (non-hydrogen) atoms. The second kappa shape index (κ2) is 21.4. The third kappa shape index (κ3) is 11.4. The number of hydrogen-bond donors (Lipinski definition) is 5. The lowest BCUT2D eigenvalue weighted by Gasteiger charge is -2.43. The van der Waals surface area contributed by atoms with Gasteiger partial charge in [-0.3, -0.25) is 28.8 Å². The smallest absolute Gasteiger partial charge is 0.246 e. The Kier molecular flexibility index (Phi) is 15.9. The summed E-state index contributed by atoms with van der Waals surface area (Å²) in [5, 5.41) is 12.4. The van der Waals surface area contributed by atoms with Crippen LogP contribution >= 0.6 is 0 Å². The van der Waals surface area contributed by atoms with E-state index >= 15 is 4.79 Å². The molecule has 4 aliphatic rings. The molecule has 0 unspecified atom stereocenters. The van der Waals surface area contributed by atoms with E-state index < -0.39 is 64.4 Å². The van der Waals surface area contributed by atoms with Crippen LogP contribution in [0.4, 0.5) is 0 Å². The predicted molar refractivity (Wildman–Crippen MR) is 269 cm³/mol. The lowest BCUT2D eigenvalue weighted by atomic mass is 9.84. The Morgan fingerprint density at radius 3 is 2.09 bits per heavy atom. The topological polar surface area (TPSA) is 196 Å². The number of hydrogen-bond acceptors (Lipinski definition) is 9. The molecule has 2 heterocycles. The standard InChI is InChI=1S/C55H76N8O7/c1-34(57-8)47(64)60-46(54(5,6)7)51(68)62-31-39(29-42(62)48(65)59-41-25-17-23-35-18-15-16-24-40(35)41)58-52(69)55(26-27-55)33-63(44(32-70-9)36-19-11-10-12-20-36)49(66)43-28-37-21-13-14-22-38(37)30-61(43)50(67)45(56)53(2,3)4/h10-16,18-22,24,34,39,41-46,57H,17,23,25-33,56H2,1-9H3,(H,58,69)(H,59,65)(H,60,64)/t34-,39-,41+,42-,43-,44+,45+,46+/m0/s1. The maximum Gasteiger partial charge on any atom is 0.246 e. The average molecular weight is 961 g/mol. The van der Waals surface area contributed by atoms with E-state index in [1.807, 2.05) is 114 Å². The van der Waals surface area contributed by atoms with Gasteiger partial charge in [0.05, 0.1) is 36.2 Å². The number of aryl methyl sites for hydroxylation is 1. The van der Waals surface area contributed by atoms with Crippen LogP contribution in [0, 0.1) is 16.2 Å². The Balaban J connectivity index is 1.19. The van der Waals surface area contributed by atoms with E-state index in [2.05, 4.69) is 27.3 Å². The van der Waals surface area contributed by atoms with E-state index in [1.165, 1.54) is 10.5 Å². The zero-order valence-corrected chi connectivity index (χ0v) is 42.7. The third-order valence-corrected chi connectivity index (χ3v) is 15.1. The Bertz CT molecular complexity index is 2390. The Labute approximate surface area is 414 Å². The molecular weight excluding hydrogens is 885 g/mol. The van der Waals surface area contributed by atoms with Gasteiger partial charge in [-0.05, 0) is 91.1 Å². The van der Waals surface area contributed by atoms with Gasteiger partial charge >= 0.3 is 0 Å². The molecular formula is C55H76N8O7. The zero-order valence-electron chi connectivity index (χ0n) is 42.7. The molecule has 0 aromatic heterocycles. The van der Waals surface area contributed by atoms with Gasteiger partial charge in [0.25, 0.3) is 0 Å². The first-order chi connectivity index (χ1) is 33.2. The fourth-order valence-corrected chi connectivity index (χ4v) is 10.3. The highest BCUT2D eigenvalue weighted by molar-refractivity contribution is 5.95. The molecule has 2 aliphatic heterocycles. The number of carbonyl (C=O) groups is 6. The minimum Gasteiger partial charge on any atom is -0.382 e. The second-order valence-electron chi connectivity index (χ2n) is 22.3. The molecule has 15 nitrogen and oxygen atoms in total. The van der Waals surface area contributed by atoms with Crippen LogP contribution < -0.4 is 27.0 Å². The van der Waals surface area contributed by atoms with Crippen LogP contribution in [0.25, 0.3) is 0 Å². The van der Waals surface area contributed by atoms with Crippen LogP contribution in [0.15, 0.2) is 78.9 Å². The van der Waals surface area contributed by atoms with Crippen molar-refractivity contribution in [3.8, 4) is 0 Å². The lowest BCUT2D eigenvalue weighted by Crippen LogP contribution is -2.60. The number of ether oxygens (including phenoxy) is 1. The second-order valence-corrected chi connectivity index (χ2v) is 22.3. The van der Waals surface area contributed by atoms with Crippen molar-refractivity contribution in [3.05, 3.63) is 107 Å². The van der Waals surface area contributed by atoms with Crippen molar-refractivity contribution in [2.24, 2.45) is 22.0 Å². The van der Waals surface area contributed by atoms with Crippen molar-refractivity contribution in [2.45, 2.75) is 148 Å². The quantitative estimate of drug-likeness (QED) is 0.135. The number of benzene rings is 3. The van der Waals surface area contributed by atoms with E-state index in [9.17, 15) is 24.0 Å². The Morgan fingerprint density at radius 1 is 0.814 bits per heavy atom. The number of likely N-dealkylation sites (N-methyl/N-ethyl adjacent to an activating group) is 1. The van der Waals surface area contributed by atoms with E-state index in [0.29, 0.717) is 12.8 Å². The summed E-state index contributed by atoms with van der Waals surface area (Å²) in [6.45, 7) is 13.5. The van der Waals surface area contributed by atoms with Crippen LogP contribution in [0.5, 0.6) is 0 Å². The Hall–Kier alpha value is -5.64. The highest BCUT2D eigenvalue weighted by Crippen LogP contribution is 2.48. The first kappa shape index (κ1) is 52.2. The molecule has 15 heteroatoms. The molecule has 2 aliphatic carbocycles. The van der Waals surface area contributed by atoms with Crippen molar-refractivity contribution in [3.63, 3.8) is 0 Å². The number of nitrogens with one attached hydrogen (secondary N) is 4. The van der Waals surface area contributed by atoms with Crippen molar-refractivity contribution in [1.82, 2.24) is 36.0 Å². The highest BCUT2D eigenvalue weighted by Gasteiger charge is 2.55. The van der Waals surface area contributed by atoms with Gasteiger partial charge in [0.2, 0.25) is 35.4 Å². The summed E-state index contributed by atoms with van der Waals surface area (Å²) in [7, 11) is 3.25. The number of likely N-dealkylation sites (tertiary alicyclic amines) is 1. The molecule has 7 rings (SSSR count). The highest BCUT2D eigenvalue weighted by atomic mass is 16.5. The van der Waals surface area contributed by atoms with Crippen LogP contribution in [0.2, 0.25) is 0 Å². The largest absolute Gasteiger partial charge is 0.382 e. The monoisotopic (exact) mass is 961 g/mol. The fourth-order valence-electron chi connectivity index (χ4n) is 10.3. The molecule has 1 saturated heterocycles. The number of nitrogens with zero attached hydrogens (tertiary/aromatic N) is 3. The summed E-state index contributed by atoms with van der Waals surface area (Å²) in [6, 6.07) is 19.7. The lowest BCUT2D eigenvalue weighted by molar-refractivity contribution is -0.152. The van der Waals surface area contributed by atoms with Crippen molar-refractivity contribution in [1.29, 1.82) is 0 Å². The maximum absolute atomic E-state index is 15.6. The minimum absolute atomic E-state index is 0.0359. The summed E-state index contributed by atoms with van der Waals surface area (Å²) in [4.78, 5) is 92.7. The van der Waals surface area contributed by atoms with Crippen molar-refractivity contribution in [2.75, 3.05) is 33.9 Å². The molecule has 0 radical (unpaired) electrons. The van der Waals surface area contributed by atoms with Gasteiger partial charge < -0.3 is 46.4 Å². The first-order valence-electron chi connectivity index (χ1n) is 25.1. The number of rotatable bonds is 16. The maximum atomic E-state index is 15.6. The summed E-state index contributed by atoms with van der Waals surface area (Å²) >= 11 is 0.